The smallest absolute Gasteiger partial charge is 0.296 e. The molecule has 0 radical (unpaired) electrons. The summed E-state index contributed by atoms with van der Waals surface area (Å²) in [4.78, 5) is 29.7. The molecule has 1 aliphatic heterocycles. The van der Waals surface area contributed by atoms with Crippen molar-refractivity contribution in [3.05, 3.63) is 65.2 Å². The maximum Gasteiger partial charge on any atom is 0.296 e. The van der Waals surface area contributed by atoms with Crippen LogP contribution in [0.3, 0.4) is 0 Å². The first kappa shape index (κ1) is 21.2. The number of rotatable bonds is 5. The third-order valence-electron chi connectivity index (χ3n) is 5.41. The lowest BCUT2D eigenvalue weighted by atomic mass is 9.86. The molecule has 0 saturated carbocycles. The number of likely N-dealkylation sites (N-methyl/N-ethyl adjacent to an activating group) is 1. The molecule has 0 bridgehead atoms. The number of Topliss-reactive ketones (excluding diaryl/α,β-unsaturated/α-hetero) is 1. The van der Waals surface area contributed by atoms with E-state index >= 15 is 0 Å². The first-order chi connectivity index (χ1) is 13.7. The van der Waals surface area contributed by atoms with Crippen molar-refractivity contribution >= 4 is 17.4 Å². The summed E-state index contributed by atoms with van der Waals surface area (Å²) in [5.74, 6) is -1.12. The third kappa shape index (κ3) is 5.75. The summed E-state index contributed by atoms with van der Waals surface area (Å²) in [5.41, 5.74) is 3.33. The summed E-state index contributed by atoms with van der Waals surface area (Å²) < 4.78 is 0. The minimum absolute atomic E-state index is 0.00798. The molecule has 1 N–H and O–H groups in total. The summed E-state index contributed by atoms with van der Waals surface area (Å²) in [6.07, 6.45) is 0. The van der Waals surface area contributed by atoms with Crippen LogP contribution >= 0.6 is 0 Å². The fraction of sp³-hybridized carbons (Fsp3) is 0.417. The Morgan fingerprint density at radius 1 is 0.966 bits per heavy atom. The summed E-state index contributed by atoms with van der Waals surface area (Å²) in [5, 5.41) is 2.75. The largest absolute Gasteiger partial charge is 0.319 e. The first-order valence-electron chi connectivity index (χ1n) is 10.2. The van der Waals surface area contributed by atoms with Crippen molar-refractivity contribution in [1.82, 2.24) is 9.80 Å². The molecule has 0 aliphatic carbocycles. The molecule has 5 nitrogen and oxygen atoms in total. The van der Waals surface area contributed by atoms with Gasteiger partial charge in [0.25, 0.3) is 11.7 Å². The number of carbonyl (C=O) groups is 2. The summed E-state index contributed by atoms with van der Waals surface area (Å²) in [6, 6.07) is 15.0. The van der Waals surface area contributed by atoms with Gasteiger partial charge < -0.3 is 10.2 Å². The Kier molecular flexibility index (Phi) is 6.50. The van der Waals surface area contributed by atoms with Gasteiger partial charge in [0.05, 0.1) is 0 Å². The average molecular weight is 394 g/mol. The van der Waals surface area contributed by atoms with E-state index in [1.165, 1.54) is 0 Å². The van der Waals surface area contributed by atoms with Crippen LogP contribution in [0.5, 0.6) is 0 Å². The second kappa shape index (κ2) is 8.89. The van der Waals surface area contributed by atoms with Gasteiger partial charge in [-0.2, -0.15) is 0 Å². The van der Waals surface area contributed by atoms with E-state index in [0.717, 1.165) is 43.9 Å². The lowest BCUT2D eigenvalue weighted by Crippen LogP contribution is -2.43. The quantitative estimate of drug-likeness (QED) is 0.623. The van der Waals surface area contributed by atoms with Crippen molar-refractivity contribution < 1.29 is 9.59 Å². The van der Waals surface area contributed by atoms with Gasteiger partial charge in [-0.25, -0.2) is 0 Å². The van der Waals surface area contributed by atoms with Crippen LogP contribution in [0.1, 0.15) is 42.3 Å². The van der Waals surface area contributed by atoms with E-state index in [9.17, 15) is 9.59 Å². The monoisotopic (exact) mass is 393 g/mol. The number of piperazine rings is 1. The lowest BCUT2D eigenvalue weighted by Gasteiger charge is -2.32. The predicted octanol–water partition coefficient (Wildman–Crippen LogP) is 3.55. The Hall–Kier alpha value is -2.50. The molecule has 1 saturated heterocycles. The van der Waals surface area contributed by atoms with E-state index in [-0.39, 0.29) is 5.41 Å². The van der Waals surface area contributed by atoms with E-state index in [4.69, 9.17) is 0 Å². The third-order valence-corrected chi connectivity index (χ3v) is 5.41. The Bertz CT molecular complexity index is 860. The maximum absolute atomic E-state index is 12.5. The maximum atomic E-state index is 12.5. The molecule has 2 aromatic carbocycles. The van der Waals surface area contributed by atoms with Crippen LogP contribution in [0.2, 0.25) is 0 Å². The van der Waals surface area contributed by atoms with Crippen LogP contribution in [-0.4, -0.2) is 54.7 Å². The van der Waals surface area contributed by atoms with Gasteiger partial charge in [0.15, 0.2) is 0 Å². The molecule has 1 aliphatic rings. The summed E-state index contributed by atoms with van der Waals surface area (Å²) in [6.45, 7) is 11.4. The normalized spacial score (nSPS) is 15.9. The summed E-state index contributed by atoms with van der Waals surface area (Å²) >= 11 is 0. The van der Waals surface area contributed by atoms with Crippen LogP contribution in [0.15, 0.2) is 48.5 Å². The number of anilines is 1. The van der Waals surface area contributed by atoms with E-state index < -0.39 is 11.7 Å². The van der Waals surface area contributed by atoms with Gasteiger partial charge in [-0.05, 0) is 35.7 Å². The Balaban J connectivity index is 1.62. The minimum atomic E-state index is -0.606. The van der Waals surface area contributed by atoms with Crippen LogP contribution < -0.4 is 5.32 Å². The Morgan fingerprint density at radius 3 is 2.24 bits per heavy atom. The highest BCUT2D eigenvalue weighted by Gasteiger charge is 2.19. The molecule has 1 heterocycles. The zero-order valence-corrected chi connectivity index (χ0v) is 17.9. The van der Waals surface area contributed by atoms with Gasteiger partial charge in [0.2, 0.25) is 0 Å². The second-order valence-electron chi connectivity index (χ2n) is 8.89. The number of ketones is 1. The van der Waals surface area contributed by atoms with Gasteiger partial charge in [-0.15, -0.1) is 0 Å². The number of nitrogens with one attached hydrogen (secondary N) is 1. The number of amides is 1. The fourth-order valence-corrected chi connectivity index (χ4v) is 3.45. The van der Waals surface area contributed by atoms with Crippen LogP contribution in [0.25, 0.3) is 0 Å². The number of benzene rings is 2. The van der Waals surface area contributed by atoms with E-state index in [2.05, 4.69) is 49.0 Å². The summed E-state index contributed by atoms with van der Waals surface area (Å²) in [7, 11) is 2.14. The second-order valence-corrected chi connectivity index (χ2v) is 8.89. The zero-order chi connectivity index (χ0) is 21.0. The van der Waals surface area contributed by atoms with E-state index in [1.54, 1.807) is 12.1 Å². The molecule has 0 aromatic heterocycles. The lowest BCUT2D eigenvalue weighted by molar-refractivity contribution is -0.112. The topological polar surface area (TPSA) is 52.6 Å². The molecular formula is C24H31N3O2. The molecule has 154 valence electrons. The molecule has 0 unspecified atom stereocenters. The van der Waals surface area contributed by atoms with Crippen LogP contribution in [-0.2, 0) is 16.8 Å². The van der Waals surface area contributed by atoms with Crippen LogP contribution in [0.4, 0.5) is 5.69 Å². The zero-order valence-electron chi connectivity index (χ0n) is 17.9. The molecule has 1 amide bonds. The number of hydrogen-bond acceptors (Lipinski definition) is 4. The van der Waals surface area contributed by atoms with E-state index in [1.807, 2.05) is 30.3 Å². The average Bonchev–Trinajstić information content (AvgIpc) is 2.69. The number of hydrogen-bond donors (Lipinski definition) is 1. The Morgan fingerprint density at radius 2 is 1.62 bits per heavy atom. The number of carbonyl (C=O) groups excluding carboxylic acids is 2. The van der Waals surface area contributed by atoms with Crippen molar-refractivity contribution in [2.45, 2.75) is 32.7 Å². The highest BCUT2D eigenvalue weighted by atomic mass is 16.2. The molecule has 3 rings (SSSR count). The molecule has 0 atom stereocenters. The number of nitrogens with zero attached hydrogens (tertiary/aromatic N) is 2. The van der Waals surface area contributed by atoms with Crippen LogP contribution in [0, 0.1) is 0 Å². The van der Waals surface area contributed by atoms with Gasteiger partial charge in [0.1, 0.15) is 0 Å². The Labute approximate surface area is 173 Å². The van der Waals surface area contributed by atoms with Crippen molar-refractivity contribution in [3.8, 4) is 0 Å². The molecule has 0 spiro atoms. The van der Waals surface area contributed by atoms with Crippen molar-refractivity contribution in [2.24, 2.45) is 0 Å². The molecule has 29 heavy (non-hydrogen) atoms. The fourth-order valence-electron chi connectivity index (χ4n) is 3.45. The van der Waals surface area contributed by atoms with Gasteiger partial charge in [0, 0.05) is 44.0 Å². The molecule has 1 fully saturated rings. The van der Waals surface area contributed by atoms with Crippen molar-refractivity contribution in [3.63, 3.8) is 0 Å². The van der Waals surface area contributed by atoms with Gasteiger partial charge in [-0.1, -0.05) is 57.2 Å². The highest BCUT2D eigenvalue weighted by Crippen LogP contribution is 2.22. The SMILES string of the molecule is CN1CCN(Cc2cccc(NC(=O)C(=O)c3ccc(C(C)(C)C)cc3)c2)CC1. The van der Waals surface area contributed by atoms with Gasteiger partial charge in [-0.3, -0.25) is 14.5 Å². The molecule has 2 aromatic rings. The van der Waals surface area contributed by atoms with Gasteiger partial charge >= 0.3 is 0 Å². The first-order valence-corrected chi connectivity index (χ1v) is 10.2. The predicted molar refractivity (Wildman–Crippen MR) is 117 cm³/mol. The molecule has 5 heteroatoms. The van der Waals surface area contributed by atoms with Crippen molar-refractivity contribution in [1.29, 1.82) is 0 Å². The van der Waals surface area contributed by atoms with E-state index in [0.29, 0.717) is 11.3 Å². The highest BCUT2D eigenvalue weighted by molar-refractivity contribution is 6.46. The standard InChI is InChI=1S/C24H31N3O2/c1-24(2,3)20-10-8-19(9-11-20)22(28)23(29)25-21-7-5-6-18(16-21)17-27-14-12-26(4)13-15-27/h5-11,16H,12-15,17H2,1-4H3,(H,25,29). The molecular weight excluding hydrogens is 362 g/mol. The van der Waals surface area contributed by atoms with Crippen molar-refractivity contribution in [2.75, 3.05) is 38.5 Å². The minimum Gasteiger partial charge on any atom is -0.319 e.